The van der Waals surface area contributed by atoms with Crippen molar-refractivity contribution in [3.05, 3.63) is 21.9 Å². The molecule has 3 nitrogen and oxygen atoms in total. The van der Waals surface area contributed by atoms with E-state index in [1.807, 2.05) is 11.4 Å². The first kappa shape index (κ1) is 8.72. The third kappa shape index (κ3) is 1.47. The van der Waals surface area contributed by atoms with E-state index in [1.54, 1.807) is 11.3 Å². The normalized spacial score (nSPS) is 25.7. The van der Waals surface area contributed by atoms with Crippen LogP contribution in [0.2, 0.25) is 0 Å². The summed E-state index contributed by atoms with van der Waals surface area (Å²) in [7, 11) is 0. The van der Waals surface area contributed by atoms with Gasteiger partial charge in [0.05, 0.1) is 6.04 Å². The van der Waals surface area contributed by atoms with Crippen LogP contribution in [-0.2, 0) is 4.79 Å². The van der Waals surface area contributed by atoms with Crippen LogP contribution in [0.3, 0.4) is 0 Å². The lowest BCUT2D eigenvalue weighted by Gasteiger charge is -2.10. The number of hydrogen-bond acceptors (Lipinski definition) is 3. The van der Waals surface area contributed by atoms with Gasteiger partial charge in [0.2, 0.25) is 5.91 Å². The lowest BCUT2D eigenvalue weighted by atomic mass is 10.2. The molecule has 13 heavy (non-hydrogen) atoms. The molecule has 1 heterocycles. The Morgan fingerprint density at radius 1 is 1.77 bits per heavy atom. The van der Waals surface area contributed by atoms with Crippen LogP contribution >= 0.6 is 11.3 Å². The first-order chi connectivity index (χ1) is 6.18. The summed E-state index contributed by atoms with van der Waals surface area (Å²) in [5.41, 5.74) is 7.12. The highest BCUT2D eigenvalue weighted by Gasteiger charge is 2.29. The first-order valence-corrected chi connectivity index (χ1v) is 5.16. The molecule has 1 amide bonds. The molecule has 0 aromatic carbocycles. The number of nitrogens with two attached hydrogens (primary N) is 1. The average Bonchev–Trinajstić information content (AvgIpc) is 2.56. The van der Waals surface area contributed by atoms with E-state index in [0.717, 1.165) is 6.42 Å². The van der Waals surface area contributed by atoms with Gasteiger partial charge in [0.25, 0.3) is 0 Å². The molecule has 2 atom stereocenters. The van der Waals surface area contributed by atoms with Crippen molar-refractivity contribution in [3.8, 4) is 0 Å². The SMILES string of the molecule is CC(=O)NC1CC(N)c2sccc21. The number of carbonyl (C=O) groups is 1. The van der Waals surface area contributed by atoms with E-state index >= 15 is 0 Å². The number of carbonyl (C=O) groups excluding carboxylic acids is 1. The van der Waals surface area contributed by atoms with Crippen LogP contribution in [0.1, 0.15) is 35.9 Å². The molecule has 0 bridgehead atoms. The molecular formula is C9H12N2OS. The van der Waals surface area contributed by atoms with Crippen molar-refractivity contribution in [1.29, 1.82) is 0 Å². The Labute approximate surface area is 80.9 Å². The minimum atomic E-state index is 0.0104. The number of nitrogens with one attached hydrogen (secondary N) is 1. The van der Waals surface area contributed by atoms with Gasteiger partial charge in [0.1, 0.15) is 0 Å². The number of fused-ring (bicyclic) bond motifs is 1. The second-order valence-corrected chi connectivity index (χ2v) is 4.28. The van der Waals surface area contributed by atoms with Crippen molar-refractivity contribution in [2.75, 3.05) is 0 Å². The Balaban J connectivity index is 2.23. The first-order valence-electron chi connectivity index (χ1n) is 4.28. The predicted octanol–water partition coefficient (Wildman–Crippen LogP) is 1.33. The summed E-state index contributed by atoms with van der Waals surface area (Å²) in [6.45, 7) is 1.54. The second-order valence-electron chi connectivity index (χ2n) is 3.34. The standard InChI is InChI=1S/C9H12N2OS/c1-5(12)11-8-4-7(10)9-6(8)2-3-13-9/h2-3,7-8H,4,10H2,1H3,(H,11,12). The van der Waals surface area contributed by atoms with Gasteiger partial charge in [-0.2, -0.15) is 0 Å². The number of hydrogen-bond donors (Lipinski definition) is 2. The fourth-order valence-corrected chi connectivity index (χ4v) is 2.77. The van der Waals surface area contributed by atoms with Gasteiger partial charge in [0, 0.05) is 17.8 Å². The fraction of sp³-hybridized carbons (Fsp3) is 0.444. The highest BCUT2D eigenvalue weighted by atomic mass is 32.1. The molecule has 4 heteroatoms. The number of rotatable bonds is 1. The number of amides is 1. The van der Waals surface area contributed by atoms with E-state index in [1.165, 1.54) is 17.4 Å². The van der Waals surface area contributed by atoms with E-state index in [4.69, 9.17) is 5.73 Å². The largest absolute Gasteiger partial charge is 0.349 e. The maximum absolute atomic E-state index is 10.9. The van der Waals surface area contributed by atoms with Crippen molar-refractivity contribution in [2.24, 2.45) is 5.73 Å². The summed E-state index contributed by atoms with van der Waals surface area (Å²) < 4.78 is 0. The maximum Gasteiger partial charge on any atom is 0.217 e. The number of thiophene rings is 1. The summed E-state index contributed by atoms with van der Waals surface area (Å²) in [5, 5.41) is 4.93. The smallest absolute Gasteiger partial charge is 0.217 e. The van der Waals surface area contributed by atoms with Gasteiger partial charge in [-0.05, 0) is 23.4 Å². The van der Waals surface area contributed by atoms with Gasteiger partial charge < -0.3 is 11.1 Å². The van der Waals surface area contributed by atoms with Gasteiger partial charge in [-0.3, -0.25) is 4.79 Å². The van der Waals surface area contributed by atoms with Gasteiger partial charge in [0.15, 0.2) is 0 Å². The zero-order chi connectivity index (χ0) is 9.42. The average molecular weight is 196 g/mol. The molecule has 0 aliphatic heterocycles. The third-order valence-corrected chi connectivity index (χ3v) is 3.37. The highest BCUT2D eigenvalue weighted by molar-refractivity contribution is 7.10. The van der Waals surface area contributed by atoms with Crippen LogP contribution < -0.4 is 11.1 Å². The second kappa shape index (κ2) is 3.12. The van der Waals surface area contributed by atoms with Crippen molar-refractivity contribution in [1.82, 2.24) is 5.32 Å². The van der Waals surface area contributed by atoms with Crippen LogP contribution in [0.15, 0.2) is 11.4 Å². The van der Waals surface area contributed by atoms with Crippen LogP contribution in [0.5, 0.6) is 0 Å². The molecule has 1 aromatic heterocycles. The molecule has 1 aliphatic carbocycles. The van der Waals surface area contributed by atoms with Gasteiger partial charge in [-0.15, -0.1) is 11.3 Å². The Bertz CT molecular complexity index is 334. The van der Waals surface area contributed by atoms with Gasteiger partial charge in [-0.25, -0.2) is 0 Å². The topological polar surface area (TPSA) is 55.1 Å². The summed E-state index contributed by atoms with van der Waals surface area (Å²) >= 11 is 1.67. The molecule has 70 valence electrons. The molecule has 2 unspecified atom stereocenters. The van der Waals surface area contributed by atoms with Crippen molar-refractivity contribution < 1.29 is 4.79 Å². The Morgan fingerprint density at radius 3 is 3.23 bits per heavy atom. The quantitative estimate of drug-likeness (QED) is 0.712. The molecule has 1 aliphatic rings. The molecule has 0 radical (unpaired) electrons. The fourth-order valence-electron chi connectivity index (χ4n) is 1.79. The Morgan fingerprint density at radius 2 is 2.54 bits per heavy atom. The molecule has 0 spiro atoms. The zero-order valence-electron chi connectivity index (χ0n) is 7.41. The molecule has 0 saturated carbocycles. The van der Waals surface area contributed by atoms with Gasteiger partial charge in [-0.1, -0.05) is 0 Å². The van der Waals surface area contributed by atoms with Crippen molar-refractivity contribution >= 4 is 17.2 Å². The third-order valence-electron chi connectivity index (χ3n) is 2.31. The maximum atomic E-state index is 10.9. The summed E-state index contributed by atoms with van der Waals surface area (Å²) in [6.07, 6.45) is 0.835. The predicted molar refractivity (Wildman–Crippen MR) is 52.4 cm³/mol. The lowest BCUT2D eigenvalue weighted by molar-refractivity contribution is -0.119. The Kier molecular flexibility index (Phi) is 2.09. The van der Waals surface area contributed by atoms with E-state index in [0.29, 0.717) is 0 Å². The van der Waals surface area contributed by atoms with E-state index in [2.05, 4.69) is 5.32 Å². The molecule has 0 saturated heterocycles. The van der Waals surface area contributed by atoms with Crippen molar-refractivity contribution in [3.63, 3.8) is 0 Å². The molecule has 1 aromatic rings. The van der Waals surface area contributed by atoms with E-state index in [-0.39, 0.29) is 18.0 Å². The van der Waals surface area contributed by atoms with Crippen LogP contribution in [0, 0.1) is 0 Å². The zero-order valence-corrected chi connectivity index (χ0v) is 8.23. The molecular weight excluding hydrogens is 184 g/mol. The van der Waals surface area contributed by atoms with E-state index in [9.17, 15) is 4.79 Å². The van der Waals surface area contributed by atoms with Crippen LogP contribution in [0.4, 0.5) is 0 Å². The minimum absolute atomic E-state index is 0.0104. The minimum Gasteiger partial charge on any atom is -0.349 e. The van der Waals surface area contributed by atoms with E-state index < -0.39 is 0 Å². The summed E-state index contributed by atoms with van der Waals surface area (Å²) in [4.78, 5) is 12.1. The Hall–Kier alpha value is -0.870. The molecule has 2 rings (SSSR count). The van der Waals surface area contributed by atoms with Crippen molar-refractivity contribution in [2.45, 2.75) is 25.4 Å². The van der Waals surface area contributed by atoms with Crippen LogP contribution in [-0.4, -0.2) is 5.91 Å². The highest BCUT2D eigenvalue weighted by Crippen LogP contribution is 2.40. The van der Waals surface area contributed by atoms with Gasteiger partial charge >= 0.3 is 0 Å². The van der Waals surface area contributed by atoms with Crippen LogP contribution in [0.25, 0.3) is 0 Å². The lowest BCUT2D eigenvalue weighted by Crippen LogP contribution is -2.24. The molecule has 3 N–H and O–H groups in total. The molecule has 0 fully saturated rings. The monoisotopic (exact) mass is 196 g/mol. The summed E-state index contributed by atoms with van der Waals surface area (Å²) in [6, 6.07) is 2.29. The summed E-state index contributed by atoms with van der Waals surface area (Å²) in [5.74, 6) is 0.0104.